The number of hydrogen-bond donors (Lipinski definition) is 1. The number of carbonyl (C=O) groups is 2. The Hall–Kier alpha value is -2.97. The summed E-state index contributed by atoms with van der Waals surface area (Å²) < 4.78 is 26.8. The van der Waals surface area contributed by atoms with Crippen molar-refractivity contribution in [2.24, 2.45) is 0 Å². The monoisotopic (exact) mass is 501 g/mol. The molecule has 0 saturated heterocycles. The van der Waals surface area contributed by atoms with E-state index in [-0.39, 0.29) is 36.2 Å². The maximum atomic E-state index is 14.8. The van der Waals surface area contributed by atoms with Crippen LogP contribution in [0.1, 0.15) is 36.0 Å². The Balaban J connectivity index is 1.77. The van der Waals surface area contributed by atoms with Crippen molar-refractivity contribution in [3.05, 3.63) is 81.5 Å². The van der Waals surface area contributed by atoms with E-state index in [9.17, 15) is 19.1 Å². The van der Waals surface area contributed by atoms with Crippen molar-refractivity contribution in [3.63, 3.8) is 0 Å². The molecule has 1 atom stereocenters. The maximum absolute atomic E-state index is 14.8. The number of carbonyl (C=O) groups excluding carboxylic acids is 2. The molecule has 0 radical (unpaired) electrons. The number of rotatable bonds is 7. The first-order valence-electron chi connectivity index (χ1n) is 10.1. The summed E-state index contributed by atoms with van der Waals surface area (Å²) in [5, 5.41) is 11.3. The normalized spacial score (nSPS) is 16.6. The van der Waals surface area contributed by atoms with Gasteiger partial charge >= 0.3 is 0 Å². The Kier molecular flexibility index (Phi) is 6.17. The quantitative estimate of drug-likeness (QED) is 0.442. The molecule has 32 heavy (non-hydrogen) atoms. The highest BCUT2D eigenvalue weighted by atomic mass is 79.9. The van der Waals surface area contributed by atoms with E-state index in [0.29, 0.717) is 11.0 Å². The molecule has 1 aliphatic heterocycles. The molecule has 1 aliphatic rings. The van der Waals surface area contributed by atoms with Crippen LogP contribution in [0.15, 0.2) is 68.8 Å². The Morgan fingerprint density at radius 3 is 2.72 bits per heavy atom. The molecule has 1 amide bonds. The van der Waals surface area contributed by atoms with Crippen molar-refractivity contribution in [2.75, 3.05) is 13.2 Å². The molecule has 1 unspecified atom stereocenters. The second kappa shape index (κ2) is 8.88. The van der Waals surface area contributed by atoms with Gasteiger partial charge in [0.15, 0.2) is 11.5 Å². The summed E-state index contributed by atoms with van der Waals surface area (Å²) in [5.41, 5.74) is 0.366. The van der Waals surface area contributed by atoms with E-state index in [1.54, 1.807) is 24.3 Å². The average Bonchev–Trinajstić information content (AvgIpc) is 3.27. The number of nitrogens with zero attached hydrogens (tertiary/aromatic N) is 1. The zero-order chi connectivity index (χ0) is 23.0. The van der Waals surface area contributed by atoms with Gasteiger partial charge in [0.1, 0.15) is 11.4 Å². The van der Waals surface area contributed by atoms with Crippen LogP contribution in [-0.4, -0.2) is 41.0 Å². The van der Waals surface area contributed by atoms with Gasteiger partial charge in [-0.25, -0.2) is 4.39 Å². The fourth-order valence-electron chi connectivity index (χ4n) is 3.78. The van der Waals surface area contributed by atoms with Crippen molar-refractivity contribution in [3.8, 4) is 0 Å². The highest BCUT2D eigenvalue weighted by Crippen LogP contribution is 2.40. The molecular weight excluding hydrogens is 481 g/mol. The number of furan rings is 1. The lowest BCUT2D eigenvalue weighted by Crippen LogP contribution is -2.35. The first-order chi connectivity index (χ1) is 15.3. The molecule has 4 rings (SSSR count). The van der Waals surface area contributed by atoms with Gasteiger partial charge in [0.2, 0.25) is 5.78 Å². The molecule has 166 valence electrons. The highest BCUT2D eigenvalue weighted by molar-refractivity contribution is 9.10. The Bertz CT molecular complexity index is 1230. The summed E-state index contributed by atoms with van der Waals surface area (Å²) in [6.07, 6.45) is -0.0721. The van der Waals surface area contributed by atoms with E-state index in [0.717, 1.165) is 4.47 Å². The third kappa shape index (κ3) is 4.08. The van der Waals surface area contributed by atoms with Crippen molar-refractivity contribution in [1.29, 1.82) is 0 Å². The molecule has 0 saturated carbocycles. The van der Waals surface area contributed by atoms with Crippen LogP contribution in [-0.2, 0) is 9.53 Å². The van der Waals surface area contributed by atoms with Crippen LogP contribution in [0.5, 0.6) is 0 Å². The predicted molar refractivity (Wildman–Crippen MR) is 120 cm³/mol. The van der Waals surface area contributed by atoms with Crippen molar-refractivity contribution in [1.82, 2.24) is 4.90 Å². The summed E-state index contributed by atoms with van der Waals surface area (Å²) in [7, 11) is 0. The number of ketones is 1. The van der Waals surface area contributed by atoms with Crippen LogP contribution in [0.2, 0.25) is 0 Å². The number of benzene rings is 2. The standard InChI is InChI=1S/C24H21BrFNO5/c1-13(2)31-10-9-27-21(16-5-3-4-6-17(16)26)20(23(29)24(27)30)22(28)19-12-14-11-15(25)7-8-18(14)32-19/h3-8,11-13,21,29H,9-10H2,1-2H3. The third-order valence-electron chi connectivity index (χ3n) is 5.23. The molecule has 3 aromatic rings. The van der Waals surface area contributed by atoms with Gasteiger partial charge in [0.05, 0.1) is 24.3 Å². The van der Waals surface area contributed by atoms with Gasteiger partial charge < -0.3 is 19.2 Å². The van der Waals surface area contributed by atoms with Crippen molar-refractivity contribution >= 4 is 38.6 Å². The van der Waals surface area contributed by atoms with Crippen LogP contribution in [0.4, 0.5) is 4.39 Å². The fourth-order valence-corrected chi connectivity index (χ4v) is 4.16. The first-order valence-corrected chi connectivity index (χ1v) is 10.9. The summed E-state index contributed by atoms with van der Waals surface area (Å²) in [4.78, 5) is 27.6. The first kappa shape index (κ1) is 22.2. The number of fused-ring (bicyclic) bond motifs is 1. The molecule has 2 aromatic carbocycles. The summed E-state index contributed by atoms with van der Waals surface area (Å²) >= 11 is 3.37. The molecule has 1 aromatic heterocycles. The van der Waals surface area contributed by atoms with Gasteiger partial charge in [0, 0.05) is 22.0 Å². The lowest BCUT2D eigenvalue weighted by atomic mass is 9.94. The predicted octanol–water partition coefficient (Wildman–Crippen LogP) is 5.34. The molecule has 0 fully saturated rings. The molecule has 0 bridgehead atoms. The van der Waals surface area contributed by atoms with Crippen LogP contribution < -0.4 is 0 Å². The minimum atomic E-state index is -1.10. The van der Waals surface area contributed by atoms with Crippen LogP contribution in [0.3, 0.4) is 0 Å². The van der Waals surface area contributed by atoms with E-state index in [1.165, 1.54) is 29.2 Å². The number of Topliss-reactive ketones (excluding diaryl/α,β-unsaturated/α-hetero) is 1. The van der Waals surface area contributed by atoms with E-state index in [1.807, 2.05) is 13.8 Å². The van der Waals surface area contributed by atoms with Gasteiger partial charge in [-0.15, -0.1) is 0 Å². The minimum absolute atomic E-state index is 0.0472. The highest BCUT2D eigenvalue weighted by Gasteiger charge is 2.45. The molecule has 8 heteroatoms. The smallest absolute Gasteiger partial charge is 0.290 e. The number of ether oxygens (including phenoxy) is 1. The van der Waals surface area contributed by atoms with E-state index in [4.69, 9.17) is 9.15 Å². The van der Waals surface area contributed by atoms with Crippen molar-refractivity contribution < 1.29 is 28.2 Å². The Morgan fingerprint density at radius 2 is 2.00 bits per heavy atom. The number of aliphatic hydroxyl groups excluding tert-OH is 1. The van der Waals surface area contributed by atoms with Gasteiger partial charge in [-0.2, -0.15) is 0 Å². The maximum Gasteiger partial charge on any atom is 0.290 e. The van der Waals surface area contributed by atoms with Gasteiger partial charge in [-0.1, -0.05) is 34.1 Å². The van der Waals surface area contributed by atoms with Gasteiger partial charge in [0.25, 0.3) is 5.91 Å². The number of hydrogen-bond acceptors (Lipinski definition) is 5. The fraction of sp³-hybridized carbons (Fsp3) is 0.250. The second-order valence-corrected chi connectivity index (χ2v) is 8.64. The van der Waals surface area contributed by atoms with Crippen LogP contribution in [0.25, 0.3) is 11.0 Å². The number of amides is 1. The molecule has 2 heterocycles. The van der Waals surface area contributed by atoms with Crippen LogP contribution >= 0.6 is 15.9 Å². The molecule has 0 spiro atoms. The minimum Gasteiger partial charge on any atom is -0.503 e. The van der Waals surface area contributed by atoms with Gasteiger partial charge in [-0.3, -0.25) is 9.59 Å². The molecule has 0 aliphatic carbocycles. The average molecular weight is 502 g/mol. The SMILES string of the molecule is CC(C)OCCN1C(=O)C(O)=C(C(=O)c2cc3cc(Br)ccc3o2)C1c1ccccc1F. The largest absolute Gasteiger partial charge is 0.503 e. The Labute approximate surface area is 192 Å². The van der Waals surface area contributed by atoms with Crippen molar-refractivity contribution in [2.45, 2.75) is 26.0 Å². The number of halogens is 2. The summed E-state index contributed by atoms with van der Waals surface area (Å²) in [5.74, 6) is -2.78. The summed E-state index contributed by atoms with van der Waals surface area (Å²) in [6, 6.07) is 11.6. The topological polar surface area (TPSA) is 80.0 Å². The Morgan fingerprint density at radius 1 is 1.25 bits per heavy atom. The summed E-state index contributed by atoms with van der Waals surface area (Å²) in [6.45, 7) is 3.95. The van der Waals surface area contributed by atoms with E-state index in [2.05, 4.69) is 15.9 Å². The molecule has 6 nitrogen and oxygen atoms in total. The zero-order valence-corrected chi connectivity index (χ0v) is 19.1. The third-order valence-corrected chi connectivity index (χ3v) is 5.73. The van der Waals surface area contributed by atoms with Gasteiger partial charge in [-0.05, 0) is 44.2 Å². The van der Waals surface area contributed by atoms with E-state index < -0.39 is 29.3 Å². The molecular formula is C24H21BrFNO5. The van der Waals surface area contributed by atoms with E-state index >= 15 is 0 Å². The zero-order valence-electron chi connectivity index (χ0n) is 17.5. The lowest BCUT2D eigenvalue weighted by molar-refractivity contribution is -0.130. The lowest BCUT2D eigenvalue weighted by Gasteiger charge is -2.27. The number of aliphatic hydroxyl groups is 1. The molecule has 1 N–H and O–H groups in total. The van der Waals surface area contributed by atoms with Crippen LogP contribution in [0, 0.1) is 5.82 Å². The second-order valence-electron chi connectivity index (χ2n) is 7.73.